The maximum atomic E-state index is 12.5. The van der Waals surface area contributed by atoms with Crippen LogP contribution in [0.3, 0.4) is 0 Å². The van der Waals surface area contributed by atoms with Crippen LogP contribution in [0.4, 0.5) is 5.69 Å². The first-order valence-corrected chi connectivity index (χ1v) is 11.3. The summed E-state index contributed by atoms with van der Waals surface area (Å²) in [5.74, 6) is 0.567. The van der Waals surface area contributed by atoms with Crippen LogP contribution >= 0.6 is 0 Å². The Hall–Kier alpha value is -2.10. The van der Waals surface area contributed by atoms with E-state index in [0.717, 1.165) is 0 Å². The molecule has 2 aromatic rings. The van der Waals surface area contributed by atoms with Crippen LogP contribution in [0, 0.1) is 0 Å². The van der Waals surface area contributed by atoms with Crippen molar-refractivity contribution >= 4 is 25.7 Å². The van der Waals surface area contributed by atoms with E-state index in [0.29, 0.717) is 12.4 Å². The Labute approximate surface area is 160 Å². The van der Waals surface area contributed by atoms with E-state index in [4.69, 9.17) is 4.74 Å². The third kappa shape index (κ3) is 5.95. The molecule has 148 valence electrons. The molecule has 0 aromatic heterocycles. The quantitative estimate of drug-likeness (QED) is 0.728. The van der Waals surface area contributed by atoms with E-state index in [1.54, 1.807) is 32.9 Å². The van der Waals surface area contributed by atoms with Gasteiger partial charge in [-0.15, -0.1) is 0 Å². The van der Waals surface area contributed by atoms with E-state index < -0.39 is 25.6 Å². The molecule has 0 heterocycles. The Kier molecular flexibility index (Phi) is 6.18. The highest BCUT2D eigenvalue weighted by molar-refractivity contribution is 7.92. The van der Waals surface area contributed by atoms with E-state index in [1.165, 1.54) is 36.4 Å². The molecule has 0 aliphatic heterocycles. The zero-order valence-electron chi connectivity index (χ0n) is 15.7. The fourth-order valence-electron chi connectivity index (χ4n) is 2.28. The van der Waals surface area contributed by atoms with Gasteiger partial charge in [0, 0.05) is 5.54 Å². The van der Waals surface area contributed by atoms with Crippen molar-refractivity contribution < 1.29 is 21.6 Å². The molecule has 0 bridgehead atoms. The van der Waals surface area contributed by atoms with E-state index >= 15 is 0 Å². The Morgan fingerprint density at radius 2 is 1.52 bits per heavy atom. The lowest BCUT2D eigenvalue weighted by Gasteiger charge is -2.20. The van der Waals surface area contributed by atoms with Gasteiger partial charge in [-0.1, -0.05) is 6.07 Å². The molecule has 2 aromatic carbocycles. The van der Waals surface area contributed by atoms with Crippen LogP contribution in [0.1, 0.15) is 27.7 Å². The van der Waals surface area contributed by atoms with Gasteiger partial charge in [-0.25, -0.2) is 21.6 Å². The van der Waals surface area contributed by atoms with E-state index in [9.17, 15) is 16.8 Å². The first-order chi connectivity index (χ1) is 12.4. The molecule has 0 fully saturated rings. The highest BCUT2D eigenvalue weighted by Gasteiger charge is 2.23. The largest absolute Gasteiger partial charge is 0.494 e. The van der Waals surface area contributed by atoms with Gasteiger partial charge in [0.15, 0.2) is 0 Å². The summed E-state index contributed by atoms with van der Waals surface area (Å²) in [7, 11) is -7.64. The number of rotatable bonds is 7. The molecule has 2 N–H and O–H groups in total. The van der Waals surface area contributed by atoms with Gasteiger partial charge in [0.1, 0.15) is 5.75 Å². The number of hydrogen-bond acceptors (Lipinski definition) is 5. The smallest absolute Gasteiger partial charge is 0.261 e. The number of nitrogens with one attached hydrogen (secondary N) is 2. The Morgan fingerprint density at radius 3 is 2.07 bits per heavy atom. The topological polar surface area (TPSA) is 102 Å². The minimum Gasteiger partial charge on any atom is -0.494 e. The van der Waals surface area contributed by atoms with Gasteiger partial charge in [0.25, 0.3) is 10.0 Å². The van der Waals surface area contributed by atoms with Crippen molar-refractivity contribution in [3.8, 4) is 5.75 Å². The molecule has 2 rings (SSSR count). The first-order valence-electron chi connectivity index (χ1n) is 8.33. The second kappa shape index (κ2) is 7.87. The van der Waals surface area contributed by atoms with Gasteiger partial charge >= 0.3 is 0 Å². The molecule has 0 saturated heterocycles. The third-order valence-electron chi connectivity index (χ3n) is 3.28. The molecule has 9 heteroatoms. The van der Waals surface area contributed by atoms with Crippen molar-refractivity contribution in [3.63, 3.8) is 0 Å². The predicted octanol–water partition coefficient (Wildman–Crippen LogP) is 2.96. The highest BCUT2D eigenvalue weighted by Crippen LogP contribution is 2.22. The fraction of sp³-hybridized carbons (Fsp3) is 0.333. The van der Waals surface area contributed by atoms with Crippen molar-refractivity contribution in [3.05, 3.63) is 48.5 Å². The molecule has 0 radical (unpaired) electrons. The highest BCUT2D eigenvalue weighted by atomic mass is 32.2. The number of sulfonamides is 2. The molecular formula is C18H24N2O5S2. The van der Waals surface area contributed by atoms with Crippen molar-refractivity contribution in [1.82, 2.24) is 4.72 Å². The van der Waals surface area contributed by atoms with Crippen LogP contribution in [-0.2, 0) is 20.0 Å². The molecule has 27 heavy (non-hydrogen) atoms. The Morgan fingerprint density at radius 1 is 0.889 bits per heavy atom. The average molecular weight is 413 g/mol. The van der Waals surface area contributed by atoms with E-state index in [-0.39, 0.29) is 15.5 Å². The van der Waals surface area contributed by atoms with Gasteiger partial charge in [0.2, 0.25) is 10.0 Å². The summed E-state index contributed by atoms with van der Waals surface area (Å²) >= 11 is 0. The van der Waals surface area contributed by atoms with Crippen molar-refractivity contribution in [2.45, 2.75) is 43.0 Å². The number of anilines is 1. The summed E-state index contributed by atoms with van der Waals surface area (Å²) < 4.78 is 60.2. The molecule has 7 nitrogen and oxygen atoms in total. The summed E-state index contributed by atoms with van der Waals surface area (Å²) in [6, 6.07) is 11.6. The molecule has 0 aliphatic carbocycles. The van der Waals surface area contributed by atoms with Crippen LogP contribution in [0.15, 0.2) is 58.3 Å². The lowest BCUT2D eigenvalue weighted by molar-refractivity contribution is 0.340. The van der Waals surface area contributed by atoms with Crippen LogP contribution in [0.2, 0.25) is 0 Å². The standard InChI is InChI=1S/C18H24N2O5S2/c1-5-25-15-9-11-16(12-10-15)26(21,22)19-14-7-6-8-17(13-14)27(23,24)20-18(2,3)4/h6-13,19-20H,5H2,1-4H3. The molecule has 0 unspecified atom stereocenters. The zero-order chi connectivity index (χ0) is 20.3. The monoisotopic (exact) mass is 412 g/mol. The van der Waals surface area contributed by atoms with Gasteiger partial charge in [0.05, 0.1) is 22.1 Å². The predicted molar refractivity (Wildman–Crippen MR) is 105 cm³/mol. The Balaban J connectivity index is 2.27. The van der Waals surface area contributed by atoms with Gasteiger partial charge in [-0.05, 0) is 70.2 Å². The molecular weight excluding hydrogens is 388 g/mol. The van der Waals surface area contributed by atoms with Gasteiger partial charge in [-0.3, -0.25) is 4.72 Å². The van der Waals surface area contributed by atoms with E-state index in [2.05, 4.69) is 9.44 Å². The Bertz CT molecular complexity index is 993. The van der Waals surface area contributed by atoms with Crippen LogP contribution in [0.5, 0.6) is 5.75 Å². The normalized spacial score (nSPS) is 12.6. The minimum atomic E-state index is -3.86. The number of ether oxygens (including phenoxy) is 1. The average Bonchev–Trinajstić information content (AvgIpc) is 2.53. The second-order valence-electron chi connectivity index (χ2n) is 6.89. The summed E-state index contributed by atoms with van der Waals surface area (Å²) in [4.78, 5) is 0.0244. The van der Waals surface area contributed by atoms with Crippen molar-refractivity contribution in [2.75, 3.05) is 11.3 Å². The lowest BCUT2D eigenvalue weighted by Crippen LogP contribution is -2.40. The van der Waals surface area contributed by atoms with Crippen LogP contribution < -0.4 is 14.2 Å². The maximum Gasteiger partial charge on any atom is 0.261 e. The molecule has 0 aliphatic rings. The van der Waals surface area contributed by atoms with Crippen LogP contribution in [0.25, 0.3) is 0 Å². The third-order valence-corrected chi connectivity index (χ3v) is 6.43. The van der Waals surface area contributed by atoms with Gasteiger partial charge in [-0.2, -0.15) is 0 Å². The van der Waals surface area contributed by atoms with E-state index in [1.807, 2.05) is 6.92 Å². The number of benzene rings is 2. The molecule has 0 spiro atoms. The number of hydrogen-bond donors (Lipinski definition) is 2. The zero-order valence-corrected chi connectivity index (χ0v) is 17.3. The second-order valence-corrected chi connectivity index (χ2v) is 10.3. The summed E-state index contributed by atoms with van der Waals surface area (Å²) in [6.07, 6.45) is 0. The SMILES string of the molecule is CCOc1ccc(S(=O)(=O)Nc2cccc(S(=O)(=O)NC(C)(C)C)c2)cc1. The summed E-state index contributed by atoms with van der Waals surface area (Å²) in [6.45, 7) is 7.49. The first kappa shape index (κ1) is 21.2. The maximum absolute atomic E-state index is 12.5. The lowest BCUT2D eigenvalue weighted by atomic mass is 10.1. The molecule has 0 amide bonds. The fourth-order valence-corrected chi connectivity index (χ4v) is 4.80. The summed E-state index contributed by atoms with van der Waals surface area (Å²) in [5, 5.41) is 0. The van der Waals surface area contributed by atoms with Gasteiger partial charge < -0.3 is 4.74 Å². The minimum absolute atomic E-state index is 0.0238. The summed E-state index contributed by atoms with van der Waals surface area (Å²) in [5.41, 5.74) is -0.503. The molecule has 0 atom stereocenters. The molecule has 0 saturated carbocycles. The van der Waals surface area contributed by atoms with Crippen molar-refractivity contribution in [1.29, 1.82) is 0 Å². The van der Waals surface area contributed by atoms with Crippen LogP contribution in [-0.4, -0.2) is 29.0 Å². The van der Waals surface area contributed by atoms with Crippen molar-refractivity contribution in [2.24, 2.45) is 0 Å².